The molecule has 1 saturated heterocycles. The van der Waals surface area contributed by atoms with E-state index in [4.69, 9.17) is 9.47 Å². The summed E-state index contributed by atoms with van der Waals surface area (Å²) in [6, 6.07) is 7.70. The van der Waals surface area contributed by atoms with Gasteiger partial charge in [0.2, 0.25) is 0 Å². The quantitative estimate of drug-likeness (QED) is 0.924. The van der Waals surface area contributed by atoms with Gasteiger partial charge in [0.15, 0.2) is 0 Å². The molecular formula is C15H22N2O3. The lowest BCUT2D eigenvalue weighted by Gasteiger charge is -2.36. The van der Waals surface area contributed by atoms with E-state index in [1.807, 2.05) is 43.0 Å². The molecule has 1 heterocycles. The number of urea groups is 1. The minimum Gasteiger partial charge on any atom is -0.380 e. The van der Waals surface area contributed by atoms with Crippen molar-refractivity contribution in [2.24, 2.45) is 0 Å². The number of methoxy groups -OCH3 is 1. The van der Waals surface area contributed by atoms with Gasteiger partial charge in [-0.15, -0.1) is 0 Å². The number of rotatable bonds is 3. The molecule has 0 radical (unpaired) electrons. The van der Waals surface area contributed by atoms with Gasteiger partial charge in [0.1, 0.15) is 0 Å². The van der Waals surface area contributed by atoms with Crippen molar-refractivity contribution in [3.05, 3.63) is 29.8 Å². The van der Waals surface area contributed by atoms with Crippen molar-refractivity contribution in [2.75, 3.05) is 25.6 Å². The molecule has 110 valence electrons. The highest BCUT2D eigenvalue weighted by Crippen LogP contribution is 2.16. The van der Waals surface area contributed by atoms with Crippen LogP contribution in [0.2, 0.25) is 0 Å². The summed E-state index contributed by atoms with van der Waals surface area (Å²) < 4.78 is 10.6. The molecule has 0 saturated carbocycles. The fourth-order valence-corrected chi connectivity index (χ4v) is 2.29. The van der Waals surface area contributed by atoms with E-state index in [0.717, 1.165) is 11.3 Å². The van der Waals surface area contributed by atoms with Crippen molar-refractivity contribution in [3.63, 3.8) is 0 Å². The van der Waals surface area contributed by atoms with Crippen LogP contribution in [0.3, 0.4) is 0 Å². The lowest BCUT2D eigenvalue weighted by Crippen LogP contribution is -2.51. The molecule has 2 unspecified atom stereocenters. The maximum absolute atomic E-state index is 12.3. The third-order valence-corrected chi connectivity index (χ3v) is 3.36. The van der Waals surface area contributed by atoms with Crippen LogP contribution >= 0.6 is 0 Å². The number of hydrogen-bond donors (Lipinski definition) is 1. The zero-order valence-electron chi connectivity index (χ0n) is 12.3. The first kappa shape index (κ1) is 14.8. The Balaban J connectivity index is 2.01. The Hall–Kier alpha value is -1.59. The molecule has 5 heteroatoms. The third kappa shape index (κ3) is 3.71. The first-order chi connectivity index (χ1) is 9.60. The SMILES string of the molecule is COCc1cccc(NC(=O)N2CC(C)OCC2C)c1. The van der Waals surface area contributed by atoms with E-state index in [-0.39, 0.29) is 18.2 Å². The average molecular weight is 278 g/mol. The second-order valence-corrected chi connectivity index (χ2v) is 5.21. The van der Waals surface area contributed by atoms with Gasteiger partial charge in [-0.25, -0.2) is 4.79 Å². The minimum atomic E-state index is -0.0813. The lowest BCUT2D eigenvalue weighted by atomic mass is 10.2. The molecule has 1 aliphatic rings. The summed E-state index contributed by atoms with van der Waals surface area (Å²) in [5.41, 5.74) is 1.82. The van der Waals surface area contributed by atoms with Gasteiger partial charge in [-0.1, -0.05) is 12.1 Å². The number of carbonyl (C=O) groups excluding carboxylic acids is 1. The van der Waals surface area contributed by atoms with Crippen LogP contribution in [-0.4, -0.2) is 43.3 Å². The zero-order chi connectivity index (χ0) is 14.5. The molecule has 0 spiro atoms. The standard InChI is InChI=1S/C15H22N2O3/c1-11-9-20-12(2)8-17(11)15(18)16-14-6-4-5-13(7-14)10-19-3/h4-7,11-12H,8-10H2,1-3H3,(H,16,18). The van der Waals surface area contributed by atoms with Gasteiger partial charge in [0, 0.05) is 19.3 Å². The fourth-order valence-electron chi connectivity index (χ4n) is 2.29. The molecule has 1 aromatic carbocycles. The Kier molecular flexibility index (Phi) is 4.98. The van der Waals surface area contributed by atoms with Gasteiger partial charge < -0.3 is 19.7 Å². The Morgan fingerprint density at radius 2 is 2.30 bits per heavy atom. The first-order valence-electron chi connectivity index (χ1n) is 6.87. The number of morpholine rings is 1. The lowest BCUT2D eigenvalue weighted by molar-refractivity contribution is -0.0296. The van der Waals surface area contributed by atoms with E-state index in [2.05, 4.69) is 5.32 Å². The average Bonchev–Trinajstić information content (AvgIpc) is 2.42. The van der Waals surface area contributed by atoms with Crippen LogP contribution in [0.4, 0.5) is 10.5 Å². The van der Waals surface area contributed by atoms with Crippen LogP contribution in [0.5, 0.6) is 0 Å². The zero-order valence-corrected chi connectivity index (χ0v) is 12.3. The smallest absolute Gasteiger partial charge is 0.322 e. The van der Waals surface area contributed by atoms with Gasteiger partial charge in [0.05, 0.1) is 25.4 Å². The van der Waals surface area contributed by atoms with E-state index in [1.54, 1.807) is 7.11 Å². The maximum Gasteiger partial charge on any atom is 0.322 e. The summed E-state index contributed by atoms with van der Waals surface area (Å²) in [5.74, 6) is 0. The molecular weight excluding hydrogens is 256 g/mol. The van der Waals surface area contributed by atoms with E-state index in [0.29, 0.717) is 19.8 Å². The number of carbonyl (C=O) groups is 1. The van der Waals surface area contributed by atoms with Crippen molar-refractivity contribution < 1.29 is 14.3 Å². The number of ether oxygens (including phenoxy) is 2. The van der Waals surface area contributed by atoms with Crippen LogP contribution in [-0.2, 0) is 16.1 Å². The maximum atomic E-state index is 12.3. The summed E-state index contributed by atoms with van der Waals surface area (Å²) in [5, 5.41) is 2.94. The fraction of sp³-hybridized carbons (Fsp3) is 0.533. The molecule has 2 rings (SSSR count). The molecule has 0 aromatic heterocycles. The molecule has 1 aromatic rings. The molecule has 0 aliphatic carbocycles. The predicted molar refractivity (Wildman–Crippen MR) is 77.8 cm³/mol. The first-order valence-corrected chi connectivity index (χ1v) is 6.87. The summed E-state index contributed by atoms with van der Waals surface area (Å²) in [6.07, 6.45) is 0.0803. The highest BCUT2D eigenvalue weighted by molar-refractivity contribution is 5.89. The Bertz CT molecular complexity index is 464. The molecule has 0 bridgehead atoms. The Morgan fingerprint density at radius 3 is 3.05 bits per heavy atom. The van der Waals surface area contributed by atoms with Gasteiger partial charge in [0.25, 0.3) is 0 Å². The van der Waals surface area contributed by atoms with Gasteiger partial charge >= 0.3 is 6.03 Å². The van der Waals surface area contributed by atoms with Crippen LogP contribution in [0.15, 0.2) is 24.3 Å². The molecule has 1 aliphatic heterocycles. The van der Waals surface area contributed by atoms with E-state index in [1.165, 1.54) is 0 Å². The number of benzene rings is 1. The van der Waals surface area contributed by atoms with Gasteiger partial charge in [-0.3, -0.25) is 0 Å². The highest BCUT2D eigenvalue weighted by atomic mass is 16.5. The topological polar surface area (TPSA) is 50.8 Å². The number of nitrogens with zero attached hydrogens (tertiary/aromatic N) is 1. The van der Waals surface area contributed by atoms with E-state index in [9.17, 15) is 4.79 Å². The van der Waals surface area contributed by atoms with Crippen LogP contribution in [0.25, 0.3) is 0 Å². The summed E-state index contributed by atoms with van der Waals surface area (Å²) >= 11 is 0. The Morgan fingerprint density at radius 1 is 1.50 bits per heavy atom. The largest absolute Gasteiger partial charge is 0.380 e. The van der Waals surface area contributed by atoms with Crippen LogP contribution in [0.1, 0.15) is 19.4 Å². The van der Waals surface area contributed by atoms with Gasteiger partial charge in [-0.2, -0.15) is 0 Å². The van der Waals surface area contributed by atoms with Crippen molar-refractivity contribution in [1.29, 1.82) is 0 Å². The normalized spacial score (nSPS) is 22.6. The molecule has 2 amide bonds. The molecule has 20 heavy (non-hydrogen) atoms. The van der Waals surface area contributed by atoms with Crippen molar-refractivity contribution in [3.8, 4) is 0 Å². The van der Waals surface area contributed by atoms with Crippen LogP contribution < -0.4 is 5.32 Å². The van der Waals surface area contributed by atoms with Crippen molar-refractivity contribution >= 4 is 11.7 Å². The molecule has 2 atom stereocenters. The molecule has 5 nitrogen and oxygen atoms in total. The Labute approximate surface area is 119 Å². The molecule has 1 N–H and O–H groups in total. The van der Waals surface area contributed by atoms with Crippen LogP contribution in [0, 0.1) is 0 Å². The van der Waals surface area contributed by atoms with E-state index >= 15 is 0 Å². The minimum absolute atomic E-state index is 0.0803. The number of nitrogens with one attached hydrogen (secondary N) is 1. The number of hydrogen-bond acceptors (Lipinski definition) is 3. The second-order valence-electron chi connectivity index (χ2n) is 5.21. The predicted octanol–water partition coefficient (Wildman–Crippen LogP) is 2.47. The monoisotopic (exact) mass is 278 g/mol. The summed E-state index contributed by atoms with van der Waals surface area (Å²) in [4.78, 5) is 14.1. The molecule has 1 fully saturated rings. The summed E-state index contributed by atoms with van der Waals surface area (Å²) in [7, 11) is 1.65. The van der Waals surface area contributed by atoms with Gasteiger partial charge in [-0.05, 0) is 31.5 Å². The van der Waals surface area contributed by atoms with Crippen molar-refractivity contribution in [1.82, 2.24) is 4.90 Å². The second kappa shape index (κ2) is 6.72. The highest BCUT2D eigenvalue weighted by Gasteiger charge is 2.27. The number of anilines is 1. The number of amides is 2. The third-order valence-electron chi connectivity index (χ3n) is 3.36. The van der Waals surface area contributed by atoms with Crippen molar-refractivity contribution in [2.45, 2.75) is 32.6 Å². The van der Waals surface area contributed by atoms with E-state index < -0.39 is 0 Å². The summed E-state index contributed by atoms with van der Waals surface area (Å²) in [6.45, 7) is 5.70.